The molecule has 128 valence electrons. The third-order valence-corrected chi connectivity index (χ3v) is 3.53. The number of aliphatic hydroxyl groups excluding tert-OH is 1. The average Bonchev–Trinajstić information content (AvgIpc) is 2.55. The first kappa shape index (κ1) is 19.2. The Hall–Kier alpha value is -1.88. The molecule has 0 heterocycles. The Bertz CT molecular complexity index is 473. The summed E-state index contributed by atoms with van der Waals surface area (Å²) in [4.78, 5) is 23.9. The summed E-state index contributed by atoms with van der Waals surface area (Å²) < 4.78 is 5.18. The maximum atomic E-state index is 12.1. The Labute approximate surface area is 138 Å². The maximum absolute atomic E-state index is 12.1. The zero-order valence-corrected chi connectivity index (χ0v) is 14.0. The molecule has 1 aromatic carbocycles. The van der Waals surface area contributed by atoms with Crippen LogP contribution in [0.3, 0.4) is 0 Å². The van der Waals surface area contributed by atoms with Crippen molar-refractivity contribution >= 4 is 11.9 Å². The van der Waals surface area contributed by atoms with Gasteiger partial charge in [-0.15, -0.1) is 0 Å². The smallest absolute Gasteiger partial charge is 0.331 e. The number of nitrogens with one attached hydrogen (secondary N) is 1. The second-order valence-electron chi connectivity index (χ2n) is 5.69. The molecule has 0 aliphatic rings. The fourth-order valence-electron chi connectivity index (χ4n) is 2.15. The number of carbonyl (C=O) groups excluding carboxylic acids is 2. The van der Waals surface area contributed by atoms with E-state index < -0.39 is 18.1 Å². The van der Waals surface area contributed by atoms with Gasteiger partial charge in [-0.1, -0.05) is 56.5 Å². The summed E-state index contributed by atoms with van der Waals surface area (Å²) >= 11 is 0. The molecule has 2 N–H and O–H groups in total. The lowest BCUT2D eigenvalue weighted by Gasteiger charge is -2.20. The minimum Gasteiger partial charge on any atom is -0.459 e. The summed E-state index contributed by atoms with van der Waals surface area (Å²) in [6, 6.07) is 8.25. The normalized spacial score (nSPS) is 13.2. The standard InChI is InChI=1S/C18H27NO4/c1-3-4-5-9-12-16(21)19-17(14(2)20)18(22)23-13-15-10-7-6-8-11-15/h6-8,10-11,14,17,20H,3-5,9,12-13H2,1-2H3,(H,19,21)/t14?,17-/m1/s1. The van der Waals surface area contributed by atoms with E-state index in [9.17, 15) is 14.7 Å². The lowest BCUT2D eigenvalue weighted by Crippen LogP contribution is -2.48. The van der Waals surface area contributed by atoms with Gasteiger partial charge >= 0.3 is 5.97 Å². The van der Waals surface area contributed by atoms with Crippen LogP contribution in [0, 0.1) is 0 Å². The molecular formula is C18H27NO4. The molecule has 0 aliphatic heterocycles. The summed E-state index contributed by atoms with van der Waals surface area (Å²) in [5, 5.41) is 12.3. The van der Waals surface area contributed by atoms with Gasteiger partial charge in [-0.25, -0.2) is 4.79 Å². The molecule has 1 unspecified atom stereocenters. The van der Waals surface area contributed by atoms with Gasteiger partial charge in [-0.05, 0) is 18.9 Å². The van der Waals surface area contributed by atoms with Crippen LogP contribution < -0.4 is 5.32 Å². The monoisotopic (exact) mass is 321 g/mol. The first-order valence-corrected chi connectivity index (χ1v) is 8.22. The molecule has 1 rings (SSSR count). The zero-order chi connectivity index (χ0) is 17.1. The lowest BCUT2D eigenvalue weighted by molar-refractivity contribution is -0.152. The number of carbonyl (C=O) groups is 2. The van der Waals surface area contributed by atoms with Crippen molar-refractivity contribution in [3.63, 3.8) is 0 Å². The number of aliphatic hydroxyl groups is 1. The van der Waals surface area contributed by atoms with Gasteiger partial charge in [0, 0.05) is 6.42 Å². The van der Waals surface area contributed by atoms with Crippen molar-refractivity contribution in [2.75, 3.05) is 0 Å². The van der Waals surface area contributed by atoms with Crippen LogP contribution in [0.5, 0.6) is 0 Å². The van der Waals surface area contributed by atoms with Crippen LogP contribution >= 0.6 is 0 Å². The number of esters is 1. The number of benzene rings is 1. The molecule has 0 spiro atoms. The highest BCUT2D eigenvalue weighted by Gasteiger charge is 2.26. The Morgan fingerprint density at radius 3 is 2.48 bits per heavy atom. The van der Waals surface area contributed by atoms with Gasteiger partial charge in [0.25, 0.3) is 0 Å². The van der Waals surface area contributed by atoms with Gasteiger partial charge in [0.15, 0.2) is 6.04 Å². The van der Waals surface area contributed by atoms with Gasteiger partial charge in [0.05, 0.1) is 6.10 Å². The van der Waals surface area contributed by atoms with Crippen molar-refractivity contribution in [3.05, 3.63) is 35.9 Å². The molecular weight excluding hydrogens is 294 g/mol. The van der Waals surface area contributed by atoms with Crippen LogP contribution in [0.2, 0.25) is 0 Å². The molecule has 5 nitrogen and oxygen atoms in total. The zero-order valence-electron chi connectivity index (χ0n) is 14.0. The molecule has 0 radical (unpaired) electrons. The Kier molecular flexibility index (Phi) is 8.98. The average molecular weight is 321 g/mol. The van der Waals surface area contributed by atoms with Crippen molar-refractivity contribution in [1.82, 2.24) is 5.32 Å². The number of ether oxygens (including phenoxy) is 1. The molecule has 1 amide bonds. The SMILES string of the molecule is CCCCCCC(=O)N[C@@H](C(=O)OCc1ccccc1)C(C)O. The van der Waals surface area contributed by atoms with Crippen LogP contribution in [-0.4, -0.2) is 29.1 Å². The van der Waals surface area contributed by atoms with Crippen molar-refractivity contribution in [2.24, 2.45) is 0 Å². The van der Waals surface area contributed by atoms with E-state index in [-0.39, 0.29) is 12.5 Å². The fraction of sp³-hybridized carbons (Fsp3) is 0.556. The van der Waals surface area contributed by atoms with Crippen LogP contribution in [0.25, 0.3) is 0 Å². The van der Waals surface area contributed by atoms with E-state index in [1.165, 1.54) is 6.92 Å². The highest BCUT2D eigenvalue weighted by molar-refractivity contribution is 5.84. The van der Waals surface area contributed by atoms with Crippen molar-refractivity contribution in [2.45, 2.75) is 64.7 Å². The maximum Gasteiger partial charge on any atom is 0.331 e. The molecule has 5 heteroatoms. The third kappa shape index (κ3) is 7.79. The van der Waals surface area contributed by atoms with E-state index in [1.54, 1.807) is 0 Å². The van der Waals surface area contributed by atoms with Crippen molar-refractivity contribution in [1.29, 1.82) is 0 Å². The first-order chi connectivity index (χ1) is 11.0. The van der Waals surface area contributed by atoms with Gasteiger partial charge in [-0.2, -0.15) is 0 Å². The van der Waals surface area contributed by atoms with Gasteiger partial charge in [-0.3, -0.25) is 4.79 Å². The first-order valence-electron chi connectivity index (χ1n) is 8.22. The van der Waals surface area contributed by atoms with Gasteiger partial charge in [0.1, 0.15) is 6.61 Å². The molecule has 0 bridgehead atoms. The van der Waals surface area contributed by atoms with Gasteiger partial charge in [0.2, 0.25) is 5.91 Å². The van der Waals surface area contributed by atoms with E-state index in [4.69, 9.17) is 4.74 Å². The summed E-state index contributed by atoms with van der Waals surface area (Å²) in [6.45, 7) is 3.69. The summed E-state index contributed by atoms with van der Waals surface area (Å²) in [5.74, 6) is -0.852. The predicted molar refractivity (Wildman–Crippen MR) is 88.6 cm³/mol. The molecule has 0 aromatic heterocycles. The van der Waals surface area contributed by atoms with E-state index in [2.05, 4.69) is 12.2 Å². The second-order valence-corrected chi connectivity index (χ2v) is 5.69. The number of hydrogen-bond acceptors (Lipinski definition) is 4. The highest BCUT2D eigenvalue weighted by atomic mass is 16.5. The van der Waals surface area contributed by atoms with E-state index in [0.29, 0.717) is 6.42 Å². The van der Waals surface area contributed by atoms with Crippen LogP contribution in [0.15, 0.2) is 30.3 Å². The van der Waals surface area contributed by atoms with E-state index >= 15 is 0 Å². The Morgan fingerprint density at radius 2 is 1.87 bits per heavy atom. The van der Waals surface area contributed by atoms with Crippen LogP contribution in [0.4, 0.5) is 0 Å². The Balaban J connectivity index is 2.43. The van der Waals surface area contributed by atoms with E-state index in [1.807, 2.05) is 30.3 Å². The quantitative estimate of drug-likeness (QED) is 0.513. The van der Waals surface area contributed by atoms with Crippen LogP contribution in [-0.2, 0) is 20.9 Å². The minimum atomic E-state index is -1.03. The highest BCUT2D eigenvalue weighted by Crippen LogP contribution is 2.06. The van der Waals surface area contributed by atoms with Gasteiger partial charge < -0.3 is 15.2 Å². The van der Waals surface area contributed by atoms with Crippen molar-refractivity contribution in [3.8, 4) is 0 Å². The summed E-state index contributed by atoms with van der Waals surface area (Å²) in [6.07, 6.45) is 3.32. The number of amides is 1. The third-order valence-electron chi connectivity index (χ3n) is 3.53. The Morgan fingerprint density at radius 1 is 1.17 bits per heavy atom. The molecule has 2 atom stereocenters. The van der Waals surface area contributed by atoms with Crippen LogP contribution in [0.1, 0.15) is 51.5 Å². The topological polar surface area (TPSA) is 75.6 Å². The molecule has 0 aliphatic carbocycles. The minimum absolute atomic E-state index is 0.120. The predicted octanol–water partition coefficient (Wildman–Crippen LogP) is 2.57. The van der Waals surface area contributed by atoms with Crippen molar-refractivity contribution < 1.29 is 19.4 Å². The van der Waals surface area contributed by atoms with E-state index in [0.717, 1.165) is 31.2 Å². The summed E-state index contributed by atoms with van der Waals surface area (Å²) in [5.41, 5.74) is 0.857. The summed E-state index contributed by atoms with van der Waals surface area (Å²) in [7, 11) is 0. The molecule has 0 saturated heterocycles. The number of hydrogen-bond donors (Lipinski definition) is 2. The fourth-order valence-corrected chi connectivity index (χ4v) is 2.15. The molecule has 0 saturated carbocycles. The molecule has 0 fully saturated rings. The number of rotatable bonds is 10. The number of unbranched alkanes of at least 4 members (excludes halogenated alkanes) is 3. The molecule has 23 heavy (non-hydrogen) atoms. The second kappa shape index (κ2) is 10.8. The molecule has 1 aromatic rings. The lowest BCUT2D eigenvalue weighted by atomic mass is 10.1. The largest absolute Gasteiger partial charge is 0.459 e.